The van der Waals surface area contributed by atoms with Gasteiger partial charge < -0.3 is 4.42 Å². The van der Waals surface area contributed by atoms with E-state index in [1.54, 1.807) is 37.1 Å². The van der Waals surface area contributed by atoms with Gasteiger partial charge in [-0.1, -0.05) is 0 Å². The minimum Gasteiger partial charge on any atom is -0.463 e. The molecule has 0 unspecified atom stereocenters. The molecule has 5 heteroatoms. The number of hydrazone groups is 1. The Bertz CT molecular complexity index is 396. The monoisotopic (exact) mass is 188 g/mol. The molecule has 2 rings (SSSR count). The van der Waals surface area contributed by atoms with Gasteiger partial charge in [0, 0.05) is 12.4 Å². The van der Waals surface area contributed by atoms with Crippen LogP contribution < -0.4 is 5.43 Å². The SMILES string of the molecule is C(=N\Nc1cnccn1)/c1ccco1. The van der Waals surface area contributed by atoms with E-state index in [0.717, 1.165) is 0 Å². The smallest absolute Gasteiger partial charge is 0.164 e. The minimum atomic E-state index is 0.593. The molecule has 0 spiro atoms. The zero-order valence-corrected chi connectivity index (χ0v) is 7.29. The number of aromatic nitrogens is 2. The zero-order chi connectivity index (χ0) is 9.64. The summed E-state index contributed by atoms with van der Waals surface area (Å²) in [4.78, 5) is 7.86. The van der Waals surface area contributed by atoms with E-state index < -0.39 is 0 Å². The number of hydrogen-bond donors (Lipinski definition) is 1. The van der Waals surface area contributed by atoms with E-state index in [2.05, 4.69) is 20.5 Å². The number of hydrogen-bond acceptors (Lipinski definition) is 5. The molecule has 0 bridgehead atoms. The highest BCUT2D eigenvalue weighted by Gasteiger charge is 1.89. The normalized spacial score (nSPS) is 10.6. The summed E-state index contributed by atoms with van der Waals surface area (Å²) in [5, 5.41) is 3.91. The van der Waals surface area contributed by atoms with Crippen molar-refractivity contribution in [2.45, 2.75) is 0 Å². The van der Waals surface area contributed by atoms with Gasteiger partial charge in [-0.3, -0.25) is 10.4 Å². The zero-order valence-electron chi connectivity index (χ0n) is 7.29. The summed E-state index contributed by atoms with van der Waals surface area (Å²) in [5.41, 5.74) is 2.72. The van der Waals surface area contributed by atoms with E-state index in [1.165, 1.54) is 0 Å². The van der Waals surface area contributed by atoms with E-state index in [4.69, 9.17) is 4.42 Å². The molecule has 0 radical (unpaired) electrons. The van der Waals surface area contributed by atoms with Gasteiger partial charge in [-0.25, -0.2) is 4.98 Å². The minimum absolute atomic E-state index is 0.593. The molecule has 0 aliphatic rings. The van der Waals surface area contributed by atoms with Crippen LogP contribution in [0.2, 0.25) is 0 Å². The summed E-state index contributed by atoms with van der Waals surface area (Å²) in [6.45, 7) is 0. The van der Waals surface area contributed by atoms with Crippen molar-refractivity contribution in [3.05, 3.63) is 42.7 Å². The summed E-state index contributed by atoms with van der Waals surface area (Å²) in [6, 6.07) is 3.60. The fourth-order valence-electron chi connectivity index (χ4n) is 0.884. The maximum atomic E-state index is 5.05. The molecule has 1 N–H and O–H groups in total. The molecule has 0 amide bonds. The van der Waals surface area contributed by atoms with Gasteiger partial charge in [-0.15, -0.1) is 0 Å². The molecule has 2 heterocycles. The van der Waals surface area contributed by atoms with Crippen LogP contribution in [0.3, 0.4) is 0 Å². The van der Waals surface area contributed by atoms with Crippen molar-refractivity contribution in [3.63, 3.8) is 0 Å². The molecule has 0 aliphatic heterocycles. The van der Waals surface area contributed by atoms with Crippen LogP contribution in [0.5, 0.6) is 0 Å². The molecule has 0 saturated carbocycles. The molecular formula is C9H8N4O. The Labute approximate surface area is 80.5 Å². The molecule has 0 atom stereocenters. The first kappa shape index (κ1) is 8.43. The van der Waals surface area contributed by atoms with Gasteiger partial charge in [0.25, 0.3) is 0 Å². The topological polar surface area (TPSA) is 63.3 Å². The first-order chi connectivity index (χ1) is 6.95. The number of furan rings is 1. The Kier molecular flexibility index (Phi) is 2.51. The Balaban J connectivity index is 1.95. The molecule has 0 aliphatic carbocycles. The Morgan fingerprint density at radius 2 is 2.43 bits per heavy atom. The Morgan fingerprint density at radius 3 is 3.14 bits per heavy atom. The van der Waals surface area contributed by atoms with Gasteiger partial charge >= 0.3 is 0 Å². The van der Waals surface area contributed by atoms with Crippen molar-refractivity contribution in [2.75, 3.05) is 5.43 Å². The van der Waals surface area contributed by atoms with Crippen molar-refractivity contribution in [1.82, 2.24) is 9.97 Å². The van der Waals surface area contributed by atoms with Gasteiger partial charge in [0.2, 0.25) is 0 Å². The number of nitrogens with zero attached hydrogens (tertiary/aromatic N) is 3. The molecule has 0 fully saturated rings. The molecule has 2 aromatic rings. The highest BCUT2D eigenvalue weighted by molar-refractivity contribution is 5.76. The molecule has 5 nitrogen and oxygen atoms in total. The molecule has 2 aromatic heterocycles. The summed E-state index contributed by atoms with van der Waals surface area (Å²) in [5.74, 6) is 1.27. The van der Waals surface area contributed by atoms with E-state index in [0.29, 0.717) is 11.6 Å². The average molecular weight is 188 g/mol. The van der Waals surface area contributed by atoms with E-state index >= 15 is 0 Å². The first-order valence-electron chi connectivity index (χ1n) is 4.04. The van der Waals surface area contributed by atoms with Crippen molar-refractivity contribution >= 4 is 12.0 Å². The van der Waals surface area contributed by atoms with Crippen LogP contribution in [-0.2, 0) is 0 Å². The largest absolute Gasteiger partial charge is 0.463 e. The lowest BCUT2D eigenvalue weighted by Gasteiger charge is -1.94. The van der Waals surface area contributed by atoms with Crippen molar-refractivity contribution in [1.29, 1.82) is 0 Å². The van der Waals surface area contributed by atoms with Crippen LogP contribution >= 0.6 is 0 Å². The van der Waals surface area contributed by atoms with Crippen molar-refractivity contribution < 1.29 is 4.42 Å². The molecular weight excluding hydrogens is 180 g/mol. The second-order valence-electron chi connectivity index (χ2n) is 2.48. The summed E-state index contributed by atoms with van der Waals surface area (Å²) >= 11 is 0. The molecule has 70 valence electrons. The van der Waals surface area contributed by atoms with E-state index in [9.17, 15) is 0 Å². The maximum Gasteiger partial charge on any atom is 0.164 e. The van der Waals surface area contributed by atoms with Crippen molar-refractivity contribution in [2.24, 2.45) is 5.10 Å². The summed E-state index contributed by atoms with van der Waals surface area (Å²) < 4.78 is 5.05. The lowest BCUT2D eigenvalue weighted by Crippen LogP contribution is -1.92. The predicted octanol–water partition coefficient (Wildman–Crippen LogP) is 1.52. The molecule has 14 heavy (non-hydrogen) atoms. The second-order valence-corrected chi connectivity index (χ2v) is 2.48. The van der Waals surface area contributed by atoms with Crippen LogP contribution in [0, 0.1) is 0 Å². The van der Waals surface area contributed by atoms with Crippen LogP contribution in [0.1, 0.15) is 5.76 Å². The fraction of sp³-hybridized carbons (Fsp3) is 0. The van der Waals surface area contributed by atoms with Crippen LogP contribution in [0.25, 0.3) is 0 Å². The number of rotatable bonds is 3. The molecule has 0 aromatic carbocycles. The number of nitrogens with one attached hydrogen (secondary N) is 1. The Hall–Kier alpha value is -2.17. The quantitative estimate of drug-likeness (QED) is 0.585. The van der Waals surface area contributed by atoms with Crippen LogP contribution in [-0.4, -0.2) is 16.2 Å². The number of anilines is 1. The first-order valence-corrected chi connectivity index (χ1v) is 4.04. The highest BCUT2D eigenvalue weighted by atomic mass is 16.3. The fourth-order valence-corrected chi connectivity index (χ4v) is 0.884. The van der Waals surface area contributed by atoms with Gasteiger partial charge in [0.15, 0.2) is 5.82 Å². The average Bonchev–Trinajstić information content (AvgIpc) is 2.72. The van der Waals surface area contributed by atoms with E-state index in [-0.39, 0.29) is 0 Å². The van der Waals surface area contributed by atoms with Gasteiger partial charge in [-0.05, 0) is 12.1 Å². The van der Waals surface area contributed by atoms with Gasteiger partial charge in [0.05, 0.1) is 18.7 Å². The van der Waals surface area contributed by atoms with Gasteiger partial charge in [0.1, 0.15) is 5.76 Å². The predicted molar refractivity (Wildman–Crippen MR) is 52.0 cm³/mol. The van der Waals surface area contributed by atoms with Crippen molar-refractivity contribution in [3.8, 4) is 0 Å². The lowest BCUT2D eigenvalue weighted by atomic mass is 10.5. The van der Waals surface area contributed by atoms with Crippen LogP contribution in [0.4, 0.5) is 5.82 Å². The van der Waals surface area contributed by atoms with Crippen LogP contribution in [0.15, 0.2) is 46.5 Å². The third kappa shape index (κ3) is 2.16. The summed E-state index contributed by atoms with van der Waals surface area (Å²) in [7, 11) is 0. The highest BCUT2D eigenvalue weighted by Crippen LogP contribution is 1.98. The Morgan fingerprint density at radius 1 is 1.43 bits per heavy atom. The second kappa shape index (κ2) is 4.18. The third-order valence-electron chi connectivity index (χ3n) is 1.48. The molecule has 0 saturated heterocycles. The van der Waals surface area contributed by atoms with Gasteiger partial charge in [-0.2, -0.15) is 5.10 Å². The lowest BCUT2D eigenvalue weighted by molar-refractivity contribution is 0.560. The third-order valence-corrected chi connectivity index (χ3v) is 1.48. The maximum absolute atomic E-state index is 5.05. The standard InChI is InChI=1S/C9H8N4O/c1-2-8(14-5-1)6-12-13-9-7-10-3-4-11-9/h1-7H,(H,11,13)/b12-6+. The summed E-state index contributed by atoms with van der Waals surface area (Å²) in [6.07, 6.45) is 7.92. The van der Waals surface area contributed by atoms with E-state index in [1.807, 2.05) is 6.07 Å².